The van der Waals surface area contributed by atoms with E-state index >= 15 is 0 Å². The Hall–Kier alpha value is -1.77. The lowest BCUT2D eigenvalue weighted by atomic mass is 10.2. The van der Waals surface area contributed by atoms with E-state index in [0.29, 0.717) is 15.9 Å². The van der Waals surface area contributed by atoms with E-state index in [1.807, 2.05) is 30.3 Å². The molecule has 0 amide bonds. The maximum Gasteiger partial charge on any atom is 0.129 e. The summed E-state index contributed by atoms with van der Waals surface area (Å²) in [4.78, 5) is 0. The van der Waals surface area contributed by atoms with Gasteiger partial charge in [-0.3, -0.25) is 5.41 Å². The Morgan fingerprint density at radius 3 is 2.21 bits per heavy atom. The maximum absolute atomic E-state index is 7.87. The number of benzene rings is 2. The minimum absolute atomic E-state index is 0.319. The van der Waals surface area contributed by atoms with Gasteiger partial charge in [-0.05, 0) is 18.2 Å². The average molecular weight is 291 g/mol. The van der Waals surface area contributed by atoms with Crippen molar-refractivity contribution in [2.45, 2.75) is 0 Å². The van der Waals surface area contributed by atoms with Crippen molar-refractivity contribution in [3.8, 4) is 0 Å². The van der Waals surface area contributed by atoms with Crippen molar-refractivity contribution in [3.05, 3.63) is 75.9 Å². The predicted octanol–water partition coefficient (Wildman–Crippen LogP) is 4.58. The summed E-state index contributed by atoms with van der Waals surface area (Å²) in [6, 6.07) is 14.8. The van der Waals surface area contributed by atoms with Crippen LogP contribution >= 0.6 is 23.2 Å². The normalized spacial score (nSPS) is 10.6. The fraction of sp³-hybridized carbons (Fsp3) is 0. The molecule has 0 aliphatic carbocycles. The molecule has 0 spiro atoms. The first kappa shape index (κ1) is 13.7. The topological polar surface area (TPSA) is 35.9 Å². The second kappa shape index (κ2) is 6.41. The Bertz CT molecular complexity index is 587. The van der Waals surface area contributed by atoms with E-state index in [9.17, 15) is 0 Å². The smallest absolute Gasteiger partial charge is 0.129 e. The first-order valence-corrected chi connectivity index (χ1v) is 6.45. The van der Waals surface area contributed by atoms with E-state index in [2.05, 4.69) is 5.32 Å². The summed E-state index contributed by atoms with van der Waals surface area (Å²) in [5.41, 5.74) is 1.55. The molecule has 0 heterocycles. The van der Waals surface area contributed by atoms with Crippen LogP contribution in [0.5, 0.6) is 0 Å². The molecular formula is C15H12Cl2N2. The van der Waals surface area contributed by atoms with Crippen molar-refractivity contribution in [2.75, 3.05) is 0 Å². The van der Waals surface area contributed by atoms with Crippen LogP contribution in [0.2, 0.25) is 10.0 Å². The van der Waals surface area contributed by atoms with Gasteiger partial charge in [0.05, 0.1) is 0 Å². The van der Waals surface area contributed by atoms with Gasteiger partial charge in [-0.15, -0.1) is 0 Å². The van der Waals surface area contributed by atoms with E-state index in [4.69, 9.17) is 28.6 Å². The first-order valence-electron chi connectivity index (χ1n) is 5.69. The van der Waals surface area contributed by atoms with Crippen molar-refractivity contribution < 1.29 is 0 Å². The third-order valence-electron chi connectivity index (χ3n) is 2.54. The Kier molecular flexibility index (Phi) is 4.61. The Morgan fingerprint density at radius 2 is 1.58 bits per heavy atom. The molecule has 2 aromatic carbocycles. The van der Waals surface area contributed by atoms with Gasteiger partial charge in [0, 0.05) is 27.4 Å². The van der Waals surface area contributed by atoms with Crippen LogP contribution in [-0.4, -0.2) is 5.84 Å². The summed E-state index contributed by atoms with van der Waals surface area (Å²) >= 11 is 12.1. The Balaban J connectivity index is 2.07. The number of amidine groups is 1. The molecule has 0 aromatic heterocycles. The lowest BCUT2D eigenvalue weighted by molar-refractivity contribution is 1.23. The minimum Gasteiger partial charge on any atom is -0.347 e. The molecule has 2 N–H and O–H groups in total. The van der Waals surface area contributed by atoms with Crippen molar-refractivity contribution in [2.24, 2.45) is 0 Å². The molecule has 2 nitrogen and oxygen atoms in total. The molecule has 0 aliphatic rings. The van der Waals surface area contributed by atoms with Crippen LogP contribution in [0.1, 0.15) is 11.1 Å². The third kappa shape index (κ3) is 3.60. The summed E-state index contributed by atoms with van der Waals surface area (Å²) in [6.45, 7) is 0. The lowest BCUT2D eigenvalue weighted by Gasteiger charge is -2.04. The highest BCUT2D eigenvalue weighted by Gasteiger charge is 2.01. The van der Waals surface area contributed by atoms with Gasteiger partial charge in [0.1, 0.15) is 5.84 Å². The van der Waals surface area contributed by atoms with Crippen LogP contribution in [0.15, 0.2) is 54.7 Å². The zero-order valence-electron chi connectivity index (χ0n) is 10.0. The van der Waals surface area contributed by atoms with Crippen molar-refractivity contribution in [1.82, 2.24) is 5.32 Å². The van der Waals surface area contributed by atoms with Crippen LogP contribution in [0.25, 0.3) is 6.08 Å². The molecule has 0 bridgehead atoms. The molecular weight excluding hydrogens is 279 g/mol. The van der Waals surface area contributed by atoms with E-state index in [0.717, 1.165) is 11.1 Å². The largest absolute Gasteiger partial charge is 0.347 e. The third-order valence-corrected chi connectivity index (χ3v) is 3.20. The number of rotatable bonds is 3. The van der Waals surface area contributed by atoms with E-state index in [-0.39, 0.29) is 0 Å². The maximum atomic E-state index is 7.87. The van der Waals surface area contributed by atoms with Gasteiger partial charge >= 0.3 is 0 Å². The van der Waals surface area contributed by atoms with Gasteiger partial charge < -0.3 is 5.32 Å². The molecule has 0 fully saturated rings. The number of halogens is 2. The zero-order chi connectivity index (χ0) is 13.7. The average Bonchev–Trinajstić information content (AvgIpc) is 2.43. The molecule has 2 rings (SSSR count). The van der Waals surface area contributed by atoms with Gasteiger partial charge in [-0.1, -0.05) is 59.6 Å². The Morgan fingerprint density at radius 1 is 0.947 bits per heavy atom. The molecule has 0 aliphatic heterocycles. The predicted molar refractivity (Wildman–Crippen MR) is 81.9 cm³/mol. The molecule has 0 radical (unpaired) electrons. The quantitative estimate of drug-likeness (QED) is 0.630. The SMILES string of the molecule is N=C(NC=Cc1c(Cl)cccc1Cl)c1ccccc1. The standard InChI is InChI=1S/C15H12Cl2N2/c16-13-7-4-8-14(17)12(13)9-10-19-15(18)11-5-2-1-3-6-11/h1-10H,(H2,18,19). The number of hydrogen-bond donors (Lipinski definition) is 2. The lowest BCUT2D eigenvalue weighted by Crippen LogP contribution is -2.16. The van der Waals surface area contributed by atoms with Gasteiger partial charge in [-0.2, -0.15) is 0 Å². The van der Waals surface area contributed by atoms with Crippen molar-refractivity contribution >= 4 is 35.1 Å². The Labute approximate surface area is 122 Å². The van der Waals surface area contributed by atoms with Gasteiger partial charge in [0.15, 0.2) is 0 Å². The molecule has 4 heteroatoms. The molecule has 0 unspecified atom stereocenters. The van der Waals surface area contributed by atoms with Crippen LogP contribution in [0.3, 0.4) is 0 Å². The summed E-state index contributed by atoms with van der Waals surface area (Å²) in [5, 5.41) is 11.9. The summed E-state index contributed by atoms with van der Waals surface area (Å²) < 4.78 is 0. The molecule has 2 aromatic rings. The molecule has 0 saturated carbocycles. The van der Waals surface area contributed by atoms with Crippen molar-refractivity contribution in [1.29, 1.82) is 5.41 Å². The molecule has 0 atom stereocenters. The van der Waals surface area contributed by atoms with Crippen LogP contribution < -0.4 is 5.32 Å². The molecule has 0 saturated heterocycles. The second-order valence-electron chi connectivity index (χ2n) is 3.85. The van der Waals surface area contributed by atoms with E-state index in [1.54, 1.807) is 30.5 Å². The highest BCUT2D eigenvalue weighted by Crippen LogP contribution is 2.25. The zero-order valence-corrected chi connectivity index (χ0v) is 11.5. The molecule has 96 valence electrons. The van der Waals surface area contributed by atoms with E-state index < -0.39 is 0 Å². The highest BCUT2D eigenvalue weighted by molar-refractivity contribution is 6.37. The van der Waals surface area contributed by atoms with Crippen LogP contribution in [0.4, 0.5) is 0 Å². The van der Waals surface area contributed by atoms with E-state index in [1.165, 1.54) is 0 Å². The van der Waals surface area contributed by atoms with Crippen LogP contribution in [0, 0.1) is 5.41 Å². The second-order valence-corrected chi connectivity index (χ2v) is 4.67. The summed E-state index contributed by atoms with van der Waals surface area (Å²) in [5.74, 6) is 0.319. The molecule has 19 heavy (non-hydrogen) atoms. The van der Waals surface area contributed by atoms with Gasteiger partial charge in [-0.25, -0.2) is 0 Å². The summed E-state index contributed by atoms with van der Waals surface area (Å²) in [7, 11) is 0. The van der Waals surface area contributed by atoms with Crippen molar-refractivity contribution in [3.63, 3.8) is 0 Å². The number of nitrogens with one attached hydrogen (secondary N) is 2. The van der Waals surface area contributed by atoms with Gasteiger partial charge in [0.2, 0.25) is 0 Å². The fourth-order valence-electron chi connectivity index (χ4n) is 1.57. The fourth-order valence-corrected chi connectivity index (χ4v) is 2.09. The summed E-state index contributed by atoms with van der Waals surface area (Å²) in [6.07, 6.45) is 3.41. The monoisotopic (exact) mass is 290 g/mol. The highest BCUT2D eigenvalue weighted by atomic mass is 35.5. The van der Waals surface area contributed by atoms with Gasteiger partial charge in [0.25, 0.3) is 0 Å². The van der Waals surface area contributed by atoms with Crippen LogP contribution in [-0.2, 0) is 0 Å². The first-order chi connectivity index (χ1) is 9.18. The number of hydrogen-bond acceptors (Lipinski definition) is 1. The minimum atomic E-state index is 0.319.